The first-order valence-electron chi connectivity index (χ1n) is 9.06. The number of carboxylic acids is 1. The van der Waals surface area contributed by atoms with Crippen molar-refractivity contribution in [1.29, 1.82) is 0 Å². The topological polar surface area (TPSA) is 121 Å². The summed E-state index contributed by atoms with van der Waals surface area (Å²) in [6.45, 7) is 1.73. The van der Waals surface area contributed by atoms with E-state index < -0.39 is 16.0 Å². The van der Waals surface area contributed by atoms with Gasteiger partial charge in [-0.25, -0.2) is 18.0 Å². The summed E-state index contributed by atoms with van der Waals surface area (Å²) in [7, 11) is -4.07. The Morgan fingerprint density at radius 1 is 1.21 bits per heavy atom. The van der Waals surface area contributed by atoms with Crippen LogP contribution in [0.2, 0.25) is 0 Å². The lowest BCUT2D eigenvalue weighted by atomic mass is 10.1. The molecule has 0 saturated carbocycles. The van der Waals surface area contributed by atoms with Crippen molar-refractivity contribution in [2.24, 2.45) is 0 Å². The number of carboxylic acid groups (broad SMARTS) is 1. The maximum Gasteiger partial charge on any atom is 0.335 e. The molecule has 0 fully saturated rings. The Balaban J connectivity index is 1.83. The lowest BCUT2D eigenvalue weighted by molar-refractivity contribution is 0.0696. The van der Waals surface area contributed by atoms with Gasteiger partial charge in [-0.05, 0) is 61.6 Å². The number of hydrogen-bond acceptors (Lipinski definition) is 4. The Labute approximate surface area is 166 Å². The summed E-state index contributed by atoms with van der Waals surface area (Å²) < 4.78 is 30.4. The Kier molecular flexibility index (Phi) is 4.54. The fourth-order valence-corrected chi connectivity index (χ4v) is 5.15. The number of aromatic carboxylic acids is 1. The third-order valence-electron chi connectivity index (χ3n) is 5.06. The van der Waals surface area contributed by atoms with E-state index in [0.29, 0.717) is 29.8 Å². The molecule has 2 aromatic carbocycles. The van der Waals surface area contributed by atoms with E-state index in [1.807, 2.05) is 0 Å². The summed E-state index contributed by atoms with van der Waals surface area (Å²) in [5.41, 5.74) is 2.18. The first-order valence-corrected chi connectivity index (χ1v) is 10.5. The number of H-pyrrole nitrogens is 1. The molecule has 8 nitrogen and oxygen atoms in total. The van der Waals surface area contributed by atoms with Crippen LogP contribution in [0, 0.1) is 6.92 Å². The molecule has 9 heteroatoms. The molecular formula is C20H19N3O5S. The van der Waals surface area contributed by atoms with E-state index >= 15 is 0 Å². The Morgan fingerprint density at radius 2 is 1.97 bits per heavy atom. The Hall–Kier alpha value is -3.33. The number of nitrogens with one attached hydrogen (secondary N) is 2. The average molecular weight is 413 g/mol. The molecule has 3 aromatic rings. The molecule has 0 saturated heterocycles. The number of carbonyl (C=O) groups is 1. The first-order chi connectivity index (χ1) is 13.8. The Morgan fingerprint density at radius 3 is 2.66 bits per heavy atom. The third kappa shape index (κ3) is 3.33. The van der Waals surface area contributed by atoms with Crippen molar-refractivity contribution >= 4 is 21.7 Å². The van der Waals surface area contributed by atoms with Gasteiger partial charge in [0.25, 0.3) is 10.0 Å². The first kappa shape index (κ1) is 19.0. The van der Waals surface area contributed by atoms with Gasteiger partial charge in [0.05, 0.1) is 21.8 Å². The highest BCUT2D eigenvalue weighted by molar-refractivity contribution is 7.92. The summed E-state index contributed by atoms with van der Waals surface area (Å²) in [4.78, 5) is 26.2. The van der Waals surface area contributed by atoms with Crippen LogP contribution in [0.3, 0.4) is 0 Å². The zero-order chi connectivity index (χ0) is 20.8. The fourth-order valence-electron chi connectivity index (χ4n) is 3.74. The summed E-state index contributed by atoms with van der Waals surface area (Å²) in [6, 6.07) is 9.30. The second-order valence-corrected chi connectivity index (χ2v) is 8.61. The summed E-state index contributed by atoms with van der Waals surface area (Å²) >= 11 is 0. The predicted molar refractivity (Wildman–Crippen MR) is 107 cm³/mol. The molecule has 0 aliphatic heterocycles. The lowest BCUT2D eigenvalue weighted by Gasteiger charge is -2.16. The molecule has 1 aliphatic rings. The number of sulfonamides is 1. The van der Waals surface area contributed by atoms with Crippen LogP contribution in [0.1, 0.15) is 33.6 Å². The van der Waals surface area contributed by atoms with Crippen LogP contribution in [-0.4, -0.2) is 29.0 Å². The summed E-state index contributed by atoms with van der Waals surface area (Å²) in [6.07, 6.45) is 3.53. The number of nitrogens with zero attached hydrogens (tertiary/aromatic N) is 1. The molecule has 1 heterocycles. The highest BCUT2D eigenvalue weighted by Gasteiger charge is 2.27. The maximum absolute atomic E-state index is 13.2. The second kappa shape index (κ2) is 6.93. The molecule has 0 unspecified atom stereocenters. The molecule has 0 atom stereocenters. The minimum Gasteiger partial charge on any atom is -0.478 e. The van der Waals surface area contributed by atoms with Gasteiger partial charge in [0.2, 0.25) is 0 Å². The van der Waals surface area contributed by atoms with Gasteiger partial charge in [0.15, 0.2) is 0 Å². The number of aromatic amines is 1. The number of aromatic nitrogens is 2. The van der Waals surface area contributed by atoms with Crippen molar-refractivity contribution in [2.45, 2.75) is 31.1 Å². The molecule has 0 bridgehead atoms. The van der Waals surface area contributed by atoms with Crippen molar-refractivity contribution in [3.05, 3.63) is 75.5 Å². The summed E-state index contributed by atoms with van der Waals surface area (Å²) in [5.74, 6) is -1.17. The second-order valence-electron chi connectivity index (χ2n) is 6.96. The van der Waals surface area contributed by atoms with Gasteiger partial charge in [-0.1, -0.05) is 12.1 Å². The van der Waals surface area contributed by atoms with Crippen molar-refractivity contribution in [3.8, 4) is 5.69 Å². The normalized spacial score (nSPS) is 13.3. The zero-order valence-electron chi connectivity index (χ0n) is 15.6. The predicted octanol–water partition coefficient (Wildman–Crippen LogP) is 2.46. The Bertz CT molecular complexity index is 1290. The van der Waals surface area contributed by atoms with E-state index in [2.05, 4.69) is 9.71 Å². The van der Waals surface area contributed by atoms with Crippen LogP contribution < -0.4 is 10.4 Å². The third-order valence-corrected chi connectivity index (χ3v) is 6.49. The molecule has 150 valence electrons. The largest absolute Gasteiger partial charge is 0.478 e. The summed E-state index contributed by atoms with van der Waals surface area (Å²) in [5, 5.41) is 9.37. The van der Waals surface area contributed by atoms with Gasteiger partial charge in [-0.3, -0.25) is 9.29 Å². The van der Waals surface area contributed by atoms with Gasteiger partial charge in [0.1, 0.15) is 0 Å². The highest BCUT2D eigenvalue weighted by atomic mass is 32.2. The lowest BCUT2D eigenvalue weighted by Crippen LogP contribution is -2.21. The van der Waals surface area contributed by atoms with E-state index in [4.69, 9.17) is 0 Å². The van der Waals surface area contributed by atoms with Crippen LogP contribution in [0.5, 0.6) is 0 Å². The van der Waals surface area contributed by atoms with Crippen molar-refractivity contribution in [3.63, 3.8) is 0 Å². The van der Waals surface area contributed by atoms with Crippen LogP contribution in [0.4, 0.5) is 5.69 Å². The van der Waals surface area contributed by atoms with Gasteiger partial charge >= 0.3 is 11.7 Å². The van der Waals surface area contributed by atoms with E-state index in [1.165, 1.54) is 16.8 Å². The number of anilines is 1. The number of para-hydroxylation sites is 2. The maximum atomic E-state index is 13.2. The van der Waals surface area contributed by atoms with Gasteiger partial charge in [-0.2, -0.15) is 0 Å². The minimum absolute atomic E-state index is 0.0298. The quantitative estimate of drug-likeness (QED) is 0.593. The van der Waals surface area contributed by atoms with Gasteiger partial charge < -0.3 is 10.1 Å². The molecule has 1 aromatic heterocycles. The molecule has 4 rings (SSSR count). The van der Waals surface area contributed by atoms with E-state index in [0.717, 1.165) is 12.0 Å². The van der Waals surface area contributed by atoms with Gasteiger partial charge in [0, 0.05) is 11.9 Å². The zero-order valence-corrected chi connectivity index (χ0v) is 16.4. The van der Waals surface area contributed by atoms with Crippen molar-refractivity contribution in [1.82, 2.24) is 9.55 Å². The molecule has 1 aliphatic carbocycles. The van der Waals surface area contributed by atoms with Gasteiger partial charge in [-0.15, -0.1) is 0 Å². The van der Waals surface area contributed by atoms with Crippen molar-refractivity contribution < 1.29 is 18.3 Å². The van der Waals surface area contributed by atoms with Crippen LogP contribution in [-0.2, 0) is 22.9 Å². The fraction of sp³-hybridized carbons (Fsp3) is 0.200. The monoisotopic (exact) mass is 413 g/mol. The van der Waals surface area contributed by atoms with E-state index in [1.54, 1.807) is 37.3 Å². The smallest absolute Gasteiger partial charge is 0.335 e. The van der Waals surface area contributed by atoms with Crippen LogP contribution >= 0.6 is 0 Å². The number of benzene rings is 2. The molecule has 0 spiro atoms. The molecule has 29 heavy (non-hydrogen) atoms. The number of aryl methyl sites for hydroxylation is 2. The standard InChI is InChI=1S/C20H19N3O5S/c1-12-11-21-20(26)23(12)17-8-3-2-7-16(17)22-29(27,28)18-10-14(19(24)25)9-13-5-4-6-15(13)18/h2-3,7-11,22H,4-6H2,1H3,(H,21,26)(H,24,25). The number of hydrogen-bond donors (Lipinski definition) is 3. The van der Waals surface area contributed by atoms with Crippen LogP contribution in [0.15, 0.2) is 52.3 Å². The number of fused-ring (bicyclic) bond motifs is 1. The number of imidazole rings is 1. The average Bonchev–Trinajstić information content (AvgIpc) is 3.27. The minimum atomic E-state index is -4.07. The van der Waals surface area contributed by atoms with Crippen molar-refractivity contribution in [2.75, 3.05) is 4.72 Å². The number of rotatable bonds is 5. The van der Waals surface area contributed by atoms with E-state index in [-0.39, 0.29) is 21.8 Å². The molecular weight excluding hydrogens is 394 g/mol. The SMILES string of the molecule is Cc1c[nH]c(=O)n1-c1ccccc1NS(=O)(=O)c1cc(C(=O)O)cc2c1CCC2. The van der Waals surface area contributed by atoms with E-state index in [9.17, 15) is 23.1 Å². The molecule has 0 amide bonds. The molecule has 0 radical (unpaired) electrons. The molecule has 3 N–H and O–H groups in total. The van der Waals surface area contributed by atoms with Crippen LogP contribution in [0.25, 0.3) is 5.69 Å². The highest BCUT2D eigenvalue weighted by Crippen LogP contribution is 2.32.